The number of rotatable bonds is 23. The van der Waals surface area contributed by atoms with E-state index in [1.807, 2.05) is 18.2 Å². The maximum Gasteiger partial charge on any atom is 0.161 e. The lowest BCUT2D eigenvalue weighted by atomic mass is 9.84. The SMILES string of the molecule is CCN(CC)Cc1cc2c(o1)CN(CC(=O)C(C(=O)CC(c1cccc(CCc3ccccc3)c1)N1CCc3cc(CN(CC)CC)oc3C1)c1cccc(CCc3ccccc3)c1)CC2.Cl. The highest BCUT2D eigenvalue weighted by Crippen LogP contribution is 2.36. The first-order valence-electron chi connectivity index (χ1n) is 24.7. The van der Waals surface area contributed by atoms with Crippen LogP contribution < -0.4 is 0 Å². The Morgan fingerprint density at radius 2 is 1.03 bits per heavy atom. The van der Waals surface area contributed by atoms with Crippen molar-refractivity contribution in [2.24, 2.45) is 0 Å². The predicted octanol–water partition coefficient (Wildman–Crippen LogP) is 11.0. The number of Topliss-reactive ketones (excluding diaryl/α,β-unsaturated/α-hetero) is 2. The summed E-state index contributed by atoms with van der Waals surface area (Å²) in [5.74, 6) is 2.92. The lowest BCUT2D eigenvalue weighted by Crippen LogP contribution is -2.39. The monoisotopic (exact) mass is 923 g/mol. The molecule has 6 aromatic rings. The van der Waals surface area contributed by atoms with Crippen molar-refractivity contribution in [1.82, 2.24) is 19.6 Å². The third kappa shape index (κ3) is 13.1. The lowest BCUT2D eigenvalue weighted by molar-refractivity contribution is -0.130. The van der Waals surface area contributed by atoms with Crippen molar-refractivity contribution in [1.29, 1.82) is 0 Å². The van der Waals surface area contributed by atoms with Crippen molar-refractivity contribution >= 4 is 24.0 Å². The van der Waals surface area contributed by atoms with Crippen LogP contribution in [0.3, 0.4) is 0 Å². The molecule has 0 spiro atoms. The van der Waals surface area contributed by atoms with Crippen LogP contribution in [0.2, 0.25) is 0 Å². The van der Waals surface area contributed by atoms with Gasteiger partial charge in [0.25, 0.3) is 0 Å². The molecule has 0 amide bonds. The fraction of sp³-hybridized carbons (Fsp3) is 0.414. The summed E-state index contributed by atoms with van der Waals surface area (Å²) in [6.07, 6.45) is 5.43. The third-order valence-electron chi connectivity index (χ3n) is 14.1. The maximum atomic E-state index is 15.4. The summed E-state index contributed by atoms with van der Waals surface area (Å²) in [6, 6.07) is 42.5. The molecule has 8 rings (SSSR count). The van der Waals surface area contributed by atoms with Crippen molar-refractivity contribution in [3.63, 3.8) is 0 Å². The van der Waals surface area contributed by atoms with Crippen LogP contribution in [0.4, 0.5) is 0 Å². The summed E-state index contributed by atoms with van der Waals surface area (Å²) >= 11 is 0. The number of benzene rings is 4. The van der Waals surface area contributed by atoms with Gasteiger partial charge in [0, 0.05) is 25.6 Å². The molecule has 9 heteroatoms. The number of halogens is 1. The number of ketones is 2. The molecular formula is C58H71ClN4O4. The van der Waals surface area contributed by atoms with Gasteiger partial charge in [-0.15, -0.1) is 12.4 Å². The molecule has 354 valence electrons. The zero-order chi connectivity index (χ0) is 45.8. The molecule has 2 aromatic heterocycles. The molecule has 0 aliphatic carbocycles. The minimum Gasteiger partial charge on any atom is -0.463 e. The first-order chi connectivity index (χ1) is 32.3. The second-order valence-corrected chi connectivity index (χ2v) is 18.5. The quantitative estimate of drug-likeness (QED) is 0.0589. The standard InChI is InChI=1S/C58H70N4O4.ClH/c1-5-59(6-2)38-51-35-48-29-31-61(41-56(48)65-51)40-55(64)58(50-24-16-22-46(34-50)28-26-44-19-13-10-14-20-44)54(63)37-53(47-23-15-21-45(33-47)27-25-43-17-11-9-12-18-43)62-32-30-49-36-52(66-57(49)42-62)39-60(7-3)8-4;/h9-24,33-36,53,58H,5-8,25-32,37-42H2,1-4H3;1H. The topological polar surface area (TPSA) is 73.4 Å². The molecule has 2 aliphatic heterocycles. The van der Waals surface area contributed by atoms with Gasteiger partial charge in [0.15, 0.2) is 5.78 Å². The molecule has 67 heavy (non-hydrogen) atoms. The van der Waals surface area contributed by atoms with E-state index in [9.17, 15) is 0 Å². The van der Waals surface area contributed by atoms with Gasteiger partial charge in [-0.3, -0.25) is 29.2 Å². The summed E-state index contributed by atoms with van der Waals surface area (Å²) < 4.78 is 13.0. The number of fused-ring (bicyclic) bond motifs is 2. The van der Waals surface area contributed by atoms with E-state index in [0.717, 1.165) is 131 Å². The summed E-state index contributed by atoms with van der Waals surface area (Å²) in [7, 11) is 0. The van der Waals surface area contributed by atoms with Crippen LogP contribution in [0.25, 0.3) is 0 Å². The number of carbonyl (C=O) groups is 2. The highest BCUT2D eigenvalue weighted by molar-refractivity contribution is 6.08. The first kappa shape index (κ1) is 49.8. The average Bonchev–Trinajstić information content (AvgIpc) is 3.96. The Morgan fingerprint density at radius 1 is 0.552 bits per heavy atom. The fourth-order valence-corrected chi connectivity index (χ4v) is 10.1. The minimum absolute atomic E-state index is 0. The van der Waals surface area contributed by atoms with Gasteiger partial charge < -0.3 is 8.83 Å². The van der Waals surface area contributed by atoms with Crippen LogP contribution in [0.5, 0.6) is 0 Å². The van der Waals surface area contributed by atoms with Gasteiger partial charge in [-0.2, -0.15) is 0 Å². The Hall–Kier alpha value is -5.09. The predicted molar refractivity (Wildman–Crippen MR) is 272 cm³/mol. The second-order valence-electron chi connectivity index (χ2n) is 18.5. The average molecular weight is 924 g/mol. The molecule has 0 N–H and O–H groups in total. The Morgan fingerprint density at radius 3 is 1.58 bits per heavy atom. The van der Waals surface area contributed by atoms with Crippen LogP contribution in [0, 0.1) is 0 Å². The smallest absolute Gasteiger partial charge is 0.161 e. The van der Waals surface area contributed by atoms with Crippen molar-refractivity contribution in [3.05, 3.63) is 189 Å². The highest BCUT2D eigenvalue weighted by Gasteiger charge is 2.36. The highest BCUT2D eigenvalue weighted by atomic mass is 35.5. The molecule has 2 aliphatic rings. The summed E-state index contributed by atoms with van der Waals surface area (Å²) in [4.78, 5) is 39.8. The van der Waals surface area contributed by atoms with Crippen LogP contribution in [0.15, 0.2) is 130 Å². The fourth-order valence-electron chi connectivity index (χ4n) is 10.1. The number of carbonyl (C=O) groups excluding carboxylic acids is 2. The Balaban J connectivity index is 0.00000666. The first-order valence-corrected chi connectivity index (χ1v) is 24.7. The van der Waals surface area contributed by atoms with E-state index >= 15 is 9.59 Å². The number of aryl methyl sites for hydroxylation is 4. The molecule has 0 radical (unpaired) electrons. The van der Waals surface area contributed by atoms with Crippen LogP contribution in [0.1, 0.15) is 114 Å². The zero-order valence-corrected chi connectivity index (χ0v) is 41.1. The van der Waals surface area contributed by atoms with E-state index in [1.165, 1.54) is 27.8 Å². The molecule has 2 unspecified atom stereocenters. The van der Waals surface area contributed by atoms with E-state index in [1.54, 1.807) is 0 Å². The zero-order valence-electron chi connectivity index (χ0n) is 40.3. The number of nitrogens with zero attached hydrogens (tertiary/aromatic N) is 4. The summed E-state index contributed by atoms with van der Waals surface area (Å²) in [5, 5.41) is 0. The summed E-state index contributed by atoms with van der Waals surface area (Å²) in [5.41, 5.74) is 9.34. The van der Waals surface area contributed by atoms with Gasteiger partial charge in [0.05, 0.1) is 32.7 Å². The summed E-state index contributed by atoms with van der Waals surface area (Å²) in [6.45, 7) is 17.1. The molecule has 8 nitrogen and oxygen atoms in total. The number of furan rings is 2. The van der Waals surface area contributed by atoms with Gasteiger partial charge in [0.2, 0.25) is 0 Å². The van der Waals surface area contributed by atoms with E-state index in [4.69, 9.17) is 8.83 Å². The Bertz CT molecular complexity index is 2490. The van der Waals surface area contributed by atoms with Crippen molar-refractivity contribution in [2.45, 2.75) is 111 Å². The molecule has 0 fully saturated rings. The van der Waals surface area contributed by atoms with Gasteiger partial charge in [-0.05, 0) is 121 Å². The normalized spacial score (nSPS) is 15.0. The molecule has 0 saturated carbocycles. The number of hydrogen-bond acceptors (Lipinski definition) is 8. The van der Waals surface area contributed by atoms with Crippen molar-refractivity contribution in [3.8, 4) is 0 Å². The van der Waals surface area contributed by atoms with Crippen LogP contribution >= 0.6 is 12.4 Å². The third-order valence-corrected chi connectivity index (χ3v) is 14.1. The Kier molecular flexibility index (Phi) is 18.0. The molecule has 0 bridgehead atoms. The van der Waals surface area contributed by atoms with E-state index < -0.39 is 5.92 Å². The largest absolute Gasteiger partial charge is 0.463 e. The van der Waals surface area contributed by atoms with Crippen molar-refractivity contribution in [2.75, 3.05) is 45.8 Å². The van der Waals surface area contributed by atoms with Gasteiger partial charge in [-0.1, -0.05) is 137 Å². The van der Waals surface area contributed by atoms with E-state index in [2.05, 4.69) is 150 Å². The Labute approximate surface area is 405 Å². The van der Waals surface area contributed by atoms with E-state index in [0.29, 0.717) is 13.1 Å². The van der Waals surface area contributed by atoms with Crippen LogP contribution in [-0.4, -0.2) is 77.0 Å². The second kappa shape index (κ2) is 24.3. The van der Waals surface area contributed by atoms with Gasteiger partial charge in [-0.25, -0.2) is 0 Å². The van der Waals surface area contributed by atoms with E-state index in [-0.39, 0.29) is 43.0 Å². The maximum absolute atomic E-state index is 15.4. The molecular weight excluding hydrogens is 852 g/mol. The molecule has 4 heterocycles. The van der Waals surface area contributed by atoms with Gasteiger partial charge >= 0.3 is 0 Å². The molecule has 2 atom stereocenters. The van der Waals surface area contributed by atoms with Crippen molar-refractivity contribution < 1.29 is 18.4 Å². The number of hydrogen-bond donors (Lipinski definition) is 0. The van der Waals surface area contributed by atoms with Gasteiger partial charge in [0.1, 0.15) is 34.7 Å². The lowest BCUT2D eigenvalue weighted by Gasteiger charge is -2.35. The van der Waals surface area contributed by atoms with Crippen LogP contribution in [-0.2, 0) is 74.3 Å². The minimum atomic E-state index is -0.897. The molecule has 4 aromatic carbocycles. The molecule has 0 saturated heterocycles.